The Hall–Kier alpha value is -3.00. The summed E-state index contributed by atoms with van der Waals surface area (Å²) >= 11 is 0. The number of anilines is 2. The molecular weight excluding hydrogens is 566 g/mol. The number of ether oxygens (including phenoxy) is 1. The lowest BCUT2D eigenvalue weighted by atomic mass is 9.77. The van der Waals surface area contributed by atoms with Crippen LogP contribution in [0.4, 0.5) is 37.7 Å². The molecule has 4 rings (SSSR count). The summed E-state index contributed by atoms with van der Waals surface area (Å²) in [4.78, 5) is 12.2. The first-order valence-corrected chi connectivity index (χ1v) is 13.8. The van der Waals surface area contributed by atoms with Crippen molar-refractivity contribution in [3.05, 3.63) is 47.8 Å². The maximum atomic E-state index is 14.2. The van der Waals surface area contributed by atoms with Crippen molar-refractivity contribution in [2.24, 2.45) is 11.3 Å². The fourth-order valence-corrected chi connectivity index (χ4v) is 6.37. The summed E-state index contributed by atoms with van der Waals surface area (Å²) in [6.07, 6.45) is -5.86. The zero-order chi connectivity index (χ0) is 29.8. The zero-order valence-electron chi connectivity index (χ0n) is 21.8. The average molecular weight is 595 g/mol. The van der Waals surface area contributed by atoms with Gasteiger partial charge in [0.2, 0.25) is 15.9 Å². The summed E-state index contributed by atoms with van der Waals surface area (Å²) in [5.41, 5.74) is -3.11. The van der Waals surface area contributed by atoms with Crippen LogP contribution in [-0.2, 0) is 21.0 Å². The quantitative estimate of drug-likeness (QED) is 0.401. The standard InChI is InChI=1S/C26H28F6N2O5S/c1-24(2,23(35)36)14-39-21-10-22-20(9-19(21)26(30,31)32)34(17-6-4-16(27)5-7-17)13-18(33(3)40(22,37)38)8-15-11-25(28,29)12-15/h4-7,9-10,15,18H,8,11-14H2,1-3H3,(H,35,36)/t18-/m1/s1. The SMILES string of the molecule is CN1[C@H](CC2CC(F)(F)C2)CN(c2ccc(F)cc2)c2cc(C(F)(F)F)c(OCC(C)(C)C(=O)O)cc2S1(=O)=O. The lowest BCUT2D eigenvalue weighted by Gasteiger charge is -2.39. The third-order valence-electron chi connectivity index (χ3n) is 7.31. The minimum atomic E-state index is -5.02. The van der Waals surface area contributed by atoms with E-state index >= 15 is 0 Å². The zero-order valence-corrected chi connectivity index (χ0v) is 22.6. The fraction of sp³-hybridized carbons (Fsp3) is 0.500. The molecule has 1 aliphatic heterocycles. The number of aliphatic carboxylic acids is 1. The van der Waals surface area contributed by atoms with Crippen LogP contribution in [0.25, 0.3) is 0 Å². The molecule has 1 saturated carbocycles. The monoisotopic (exact) mass is 594 g/mol. The highest BCUT2D eigenvalue weighted by molar-refractivity contribution is 7.89. The van der Waals surface area contributed by atoms with E-state index in [1.807, 2.05) is 0 Å². The number of benzene rings is 2. The first-order valence-electron chi connectivity index (χ1n) is 12.3. The van der Waals surface area contributed by atoms with E-state index < -0.39 is 86.9 Å². The Kier molecular flexibility index (Phi) is 7.59. The number of carboxylic acids is 1. The number of likely N-dealkylation sites (N-methyl/N-ethyl adjacent to an activating group) is 1. The molecule has 1 fully saturated rings. The van der Waals surface area contributed by atoms with Gasteiger partial charge >= 0.3 is 12.1 Å². The highest BCUT2D eigenvalue weighted by Crippen LogP contribution is 2.48. The minimum absolute atomic E-state index is 0.0271. The summed E-state index contributed by atoms with van der Waals surface area (Å²) < 4.78 is 117. The Morgan fingerprint density at radius 2 is 1.73 bits per heavy atom. The second-order valence-corrected chi connectivity index (χ2v) is 12.9. The molecule has 0 bridgehead atoms. The molecule has 0 unspecified atom stereocenters. The van der Waals surface area contributed by atoms with Crippen molar-refractivity contribution in [1.29, 1.82) is 0 Å². The van der Waals surface area contributed by atoms with Crippen LogP contribution in [0.2, 0.25) is 0 Å². The van der Waals surface area contributed by atoms with E-state index in [9.17, 15) is 44.7 Å². The van der Waals surface area contributed by atoms with Gasteiger partial charge in [-0.1, -0.05) is 0 Å². The van der Waals surface area contributed by atoms with Crippen LogP contribution < -0.4 is 9.64 Å². The van der Waals surface area contributed by atoms with Crippen LogP contribution in [0.5, 0.6) is 5.75 Å². The highest BCUT2D eigenvalue weighted by Gasteiger charge is 2.48. The van der Waals surface area contributed by atoms with Gasteiger partial charge in [-0.3, -0.25) is 4.79 Å². The van der Waals surface area contributed by atoms with E-state index in [-0.39, 0.29) is 24.3 Å². The molecule has 0 amide bonds. The normalized spacial score (nSPS) is 21.3. The van der Waals surface area contributed by atoms with E-state index in [1.54, 1.807) is 0 Å². The number of nitrogens with zero attached hydrogens (tertiary/aromatic N) is 2. The number of alkyl halides is 5. The number of carbonyl (C=O) groups is 1. The Morgan fingerprint density at radius 3 is 2.25 bits per heavy atom. The Morgan fingerprint density at radius 1 is 1.12 bits per heavy atom. The van der Waals surface area contributed by atoms with Gasteiger partial charge in [-0.25, -0.2) is 21.6 Å². The molecule has 0 radical (unpaired) electrons. The Bertz CT molecular complexity index is 1390. The molecular formula is C26H28F6N2O5S. The number of halogens is 6. The summed E-state index contributed by atoms with van der Waals surface area (Å²) in [5.74, 6) is -6.21. The molecule has 1 atom stereocenters. The predicted octanol–water partition coefficient (Wildman–Crippen LogP) is 5.91. The van der Waals surface area contributed by atoms with E-state index in [0.717, 1.165) is 16.4 Å². The van der Waals surface area contributed by atoms with Gasteiger partial charge in [-0.2, -0.15) is 17.5 Å². The number of carboxylic acid groups (broad SMARTS) is 1. The van der Waals surface area contributed by atoms with Gasteiger partial charge in [0, 0.05) is 44.2 Å². The summed E-state index contributed by atoms with van der Waals surface area (Å²) in [5, 5.41) is 9.35. The van der Waals surface area contributed by atoms with Gasteiger partial charge in [0.15, 0.2) is 0 Å². The molecule has 220 valence electrons. The molecule has 0 saturated heterocycles. The van der Waals surface area contributed by atoms with E-state index in [0.29, 0.717) is 12.1 Å². The van der Waals surface area contributed by atoms with E-state index in [4.69, 9.17) is 4.74 Å². The molecule has 40 heavy (non-hydrogen) atoms. The van der Waals surface area contributed by atoms with Crippen molar-refractivity contribution >= 4 is 27.4 Å². The smallest absolute Gasteiger partial charge is 0.420 e. The molecule has 2 aromatic rings. The van der Waals surface area contributed by atoms with Gasteiger partial charge in [0.1, 0.15) is 23.1 Å². The van der Waals surface area contributed by atoms with E-state index in [1.165, 1.54) is 37.9 Å². The third-order valence-corrected chi connectivity index (χ3v) is 9.25. The van der Waals surface area contributed by atoms with Crippen LogP contribution in [-0.4, -0.2) is 56.0 Å². The number of sulfonamides is 1. The second-order valence-electron chi connectivity index (χ2n) is 10.9. The van der Waals surface area contributed by atoms with E-state index in [2.05, 4.69) is 0 Å². The molecule has 1 N–H and O–H groups in total. The first-order chi connectivity index (χ1) is 18.3. The maximum Gasteiger partial charge on any atom is 0.420 e. The van der Waals surface area contributed by atoms with Crippen LogP contribution in [0.1, 0.15) is 38.7 Å². The average Bonchev–Trinajstić information content (AvgIpc) is 2.90. The molecule has 1 aliphatic carbocycles. The fourth-order valence-electron chi connectivity index (χ4n) is 4.83. The third kappa shape index (κ3) is 5.87. The summed E-state index contributed by atoms with van der Waals surface area (Å²) in [6, 6.07) is 5.09. The highest BCUT2D eigenvalue weighted by atomic mass is 32.2. The second kappa shape index (κ2) is 10.1. The number of hydrogen-bond acceptors (Lipinski definition) is 5. The lowest BCUT2D eigenvalue weighted by Crippen LogP contribution is -2.45. The Labute approximate surface area is 227 Å². The van der Waals surface area contributed by atoms with Gasteiger partial charge in [0.05, 0.1) is 16.7 Å². The molecule has 7 nitrogen and oxygen atoms in total. The van der Waals surface area contributed by atoms with Gasteiger partial charge < -0.3 is 14.7 Å². The number of hydrogen-bond donors (Lipinski definition) is 1. The van der Waals surface area contributed by atoms with Gasteiger partial charge in [-0.15, -0.1) is 0 Å². The van der Waals surface area contributed by atoms with Crippen LogP contribution in [0.15, 0.2) is 41.3 Å². The van der Waals surface area contributed by atoms with Crippen LogP contribution >= 0.6 is 0 Å². The summed E-state index contributed by atoms with van der Waals surface area (Å²) in [6.45, 7) is 1.59. The van der Waals surface area contributed by atoms with Crippen molar-refractivity contribution in [2.75, 3.05) is 25.1 Å². The Balaban J connectivity index is 1.87. The van der Waals surface area contributed by atoms with Crippen LogP contribution in [0, 0.1) is 17.2 Å². The van der Waals surface area contributed by atoms with Crippen molar-refractivity contribution < 1.29 is 49.4 Å². The maximum absolute atomic E-state index is 14.2. The largest absolute Gasteiger partial charge is 0.492 e. The lowest BCUT2D eigenvalue weighted by molar-refractivity contribution is -0.148. The van der Waals surface area contributed by atoms with Crippen molar-refractivity contribution in [1.82, 2.24) is 4.31 Å². The molecule has 0 spiro atoms. The van der Waals surface area contributed by atoms with Gasteiger partial charge in [0.25, 0.3) is 0 Å². The molecule has 2 aromatic carbocycles. The van der Waals surface area contributed by atoms with Gasteiger partial charge in [-0.05, 0) is 56.5 Å². The molecule has 2 aliphatic rings. The topological polar surface area (TPSA) is 87.2 Å². The minimum Gasteiger partial charge on any atom is -0.492 e. The number of fused-ring (bicyclic) bond motifs is 1. The molecule has 14 heteroatoms. The van der Waals surface area contributed by atoms with Crippen molar-refractivity contribution in [3.8, 4) is 5.75 Å². The van der Waals surface area contributed by atoms with Crippen molar-refractivity contribution in [2.45, 2.75) is 56.1 Å². The van der Waals surface area contributed by atoms with Crippen molar-refractivity contribution in [3.63, 3.8) is 0 Å². The predicted molar refractivity (Wildman–Crippen MR) is 133 cm³/mol. The van der Waals surface area contributed by atoms with Crippen LogP contribution in [0.3, 0.4) is 0 Å². The molecule has 1 heterocycles. The first kappa shape index (κ1) is 30.0. The molecule has 0 aromatic heterocycles. The summed E-state index contributed by atoms with van der Waals surface area (Å²) in [7, 11) is -3.28. The number of rotatable bonds is 7.